The Morgan fingerprint density at radius 2 is 0.188 bits per heavy atom. The summed E-state index contributed by atoms with van der Waals surface area (Å²) in [7, 11) is -24.7. The summed E-state index contributed by atoms with van der Waals surface area (Å²) in [4.78, 5) is -0.711. The lowest BCUT2D eigenvalue weighted by Crippen LogP contribution is -2.38. The predicted octanol–water partition coefficient (Wildman–Crippen LogP) is 20.8. The van der Waals surface area contributed by atoms with Crippen molar-refractivity contribution in [3.8, 4) is 0 Å². The third kappa shape index (κ3) is 27.4. The third-order valence-electron chi connectivity index (χ3n) is 23.5. The molecule has 0 atom stereocenters. The van der Waals surface area contributed by atoms with Crippen molar-refractivity contribution < 1.29 is 51.9 Å². The van der Waals surface area contributed by atoms with Gasteiger partial charge in [-0.1, -0.05) is 362 Å². The van der Waals surface area contributed by atoms with Gasteiger partial charge in [-0.3, -0.25) is 0 Å². The van der Waals surface area contributed by atoms with E-state index in [1.54, 1.807) is 48.5 Å². The van der Waals surface area contributed by atoms with Gasteiger partial charge in [0.2, 0.25) is 0 Å². The van der Waals surface area contributed by atoms with E-state index in [4.69, 9.17) is 0 Å². The molecular weight excluding hydrogens is 1930 g/mol. The summed E-state index contributed by atoms with van der Waals surface area (Å²) in [5.41, 5.74) is 3.71. The maximum Gasteiger partial charge on any atom is 0.144 e. The topological polar surface area (TPSA) is 229 Å². The van der Waals surface area contributed by atoms with Crippen molar-refractivity contribution in [3.63, 3.8) is 0 Å². The molecule has 20 rings (SSSR count). The summed E-state index contributed by atoms with van der Waals surface area (Å²) < 4.78 is 125. The zero-order chi connectivity index (χ0) is 102. The van der Waals surface area contributed by atoms with Gasteiger partial charge in [0.15, 0.2) is 0 Å². The number of benzene rings is 20. The second-order valence-electron chi connectivity index (χ2n) is 33.1. The second-order valence-corrected chi connectivity index (χ2v) is 52.3. The molecule has 20 heteroatoms. The van der Waals surface area contributed by atoms with Gasteiger partial charge in [0.05, 0.1) is 19.6 Å². The number of rotatable bonds is 20. The van der Waals surface area contributed by atoms with Crippen LogP contribution in [0.4, 0.5) is 0 Å². The van der Waals surface area contributed by atoms with E-state index < -0.39 is 69.5 Å². The van der Waals surface area contributed by atoms with E-state index in [9.17, 15) is 51.9 Å². The van der Waals surface area contributed by atoms with E-state index in [0.717, 1.165) is 22.3 Å². The van der Waals surface area contributed by atoms with Crippen LogP contribution >= 0.6 is 29.0 Å². The van der Waals surface area contributed by atoms with Gasteiger partial charge in [-0.05, 0) is 270 Å². The summed E-state index contributed by atoms with van der Waals surface area (Å²) in [5.74, 6) is 0. The van der Waals surface area contributed by atoms with E-state index in [2.05, 4.69) is 485 Å². The molecule has 0 saturated heterocycles. The molecule has 0 fully saturated rings. The van der Waals surface area contributed by atoms with Gasteiger partial charge < -0.3 is 18.2 Å². The minimum atomic E-state index is -4.27. The Balaban J connectivity index is 0.000000142. The predicted molar refractivity (Wildman–Crippen MR) is 601 cm³/mol. The van der Waals surface area contributed by atoms with Crippen LogP contribution in [0.25, 0.3) is 0 Å². The molecule has 0 aromatic heterocycles. The van der Waals surface area contributed by atoms with Gasteiger partial charge in [0, 0.05) is 0 Å². The Bertz CT molecular complexity index is 6180. The van der Waals surface area contributed by atoms with Gasteiger partial charge >= 0.3 is 0 Å². The van der Waals surface area contributed by atoms with Crippen LogP contribution in [0.1, 0.15) is 22.3 Å². The van der Waals surface area contributed by atoms with Crippen LogP contribution in [-0.4, -0.2) is 51.9 Å². The number of hydrogen-bond acceptors (Lipinski definition) is 12. The zero-order valence-electron chi connectivity index (χ0n) is 79.7. The monoisotopic (exact) mass is 2040 g/mol. The van der Waals surface area contributed by atoms with Gasteiger partial charge in [-0.25, -0.2) is 33.7 Å². The number of hydrogen-bond donors (Lipinski definition) is 0. The largest absolute Gasteiger partial charge is 0.744 e. The molecule has 0 saturated carbocycles. The summed E-state index contributed by atoms with van der Waals surface area (Å²) in [6.07, 6.45) is 0. The molecule has 720 valence electrons. The van der Waals surface area contributed by atoms with Gasteiger partial charge in [0.25, 0.3) is 0 Å². The van der Waals surface area contributed by atoms with E-state index in [0.29, 0.717) is 0 Å². The molecule has 0 amide bonds. The Morgan fingerprint density at radius 3 is 0.250 bits per heavy atom. The van der Waals surface area contributed by atoms with Gasteiger partial charge in [-0.15, -0.1) is 0 Å². The highest BCUT2D eigenvalue weighted by molar-refractivity contribution is 8.03. The lowest BCUT2D eigenvalue weighted by Gasteiger charge is -2.27. The Morgan fingerprint density at radius 1 is 0.118 bits per heavy atom. The van der Waals surface area contributed by atoms with Crippen molar-refractivity contribution in [1.29, 1.82) is 0 Å². The first kappa shape index (κ1) is 107. The fraction of sp³-hybridized carbons (Fsp3) is 0.0323. The quantitative estimate of drug-likeness (QED) is 0.0512. The van der Waals surface area contributed by atoms with Crippen LogP contribution in [0.3, 0.4) is 0 Å². The minimum absolute atomic E-state index is 0.178. The molecule has 0 aliphatic carbocycles. The third-order valence-corrected chi connectivity index (χ3v) is 44.1. The molecule has 144 heavy (non-hydrogen) atoms. The summed E-state index contributed by atoms with van der Waals surface area (Å²) in [6.45, 7) is 7.28. The smallest absolute Gasteiger partial charge is 0.144 e. The van der Waals surface area contributed by atoms with Crippen LogP contribution in [0, 0.1) is 27.7 Å². The standard InChI is InChI=1S/4C24H20P.4C7H8O3S/c4*1-5-13-21(14-6-1)25(22-15-7-2-8-16-22,23-17-9-3-10-18-23)24-19-11-4-12-20-24;4*1-6-2-4-7(5-3-6)11(8,9)10/h4*1-20H;4*2-5H,1H3,(H,8,9,10)/q4*+1;;;;/p-4. The van der Waals surface area contributed by atoms with Crippen molar-refractivity contribution in [2.45, 2.75) is 47.3 Å². The SMILES string of the molecule is Cc1ccc(S(=O)(=O)[O-])cc1.Cc1ccc(S(=O)(=O)[O-])cc1.Cc1ccc(S(=O)(=O)[O-])cc1.Cc1ccc(S(=O)(=O)[O-])cc1.c1ccc([P+](c2ccccc2)(c2ccccc2)c2ccccc2)cc1.c1ccc([P+](c2ccccc2)(c2ccccc2)c2ccccc2)cc1.c1ccc([P+](c2ccccc2)(c2ccccc2)c2ccccc2)cc1.c1ccc([P+](c2ccccc2)(c2ccccc2)c2ccccc2)cc1. The van der Waals surface area contributed by atoms with Gasteiger partial charge in [-0.2, -0.15) is 0 Å². The van der Waals surface area contributed by atoms with E-state index in [1.165, 1.54) is 133 Å². The molecule has 0 bridgehead atoms. The molecule has 20 aromatic carbocycles. The molecule has 12 nitrogen and oxygen atoms in total. The Kier molecular flexibility index (Phi) is 38.4. The molecule has 0 unspecified atom stereocenters. The van der Waals surface area contributed by atoms with Crippen LogP contribution in [-0.2, 0) is 40.5 Å². The van der Waals surface area contributed by atoms with E-state index in [-0.39, 0.29) is 19.6 Å². The fourth-order valence-corrected chi connectivity index (χ4v) is 35.8. The highest BCUT2D eigenvalue weighted by Gasteiger charge is 2.51. The average molecular weight is 2040 g/mol. The van der Waals surface area contributed by atoms with Crippen molar-refractivity contribution in [1.82, 2.24) is 0 Å². The van der Waals surface area contributed by atoms with Crippen LogP contribution < -0.4 is 84.9 Å². The molecule has 20 aromatic rings. The van der Waals surface area contributed by atoms with Crippen molar-refractivity contribution in [2.75, 3.05) is 0 Å². The van der Waals surface area contributed by atoms with Crippen molar-refractivity contribution >= 4 is 154 Å². The molecule has 0 aliphatic rings. The first-order valence-corrected chi connectivity index (χ1v) is 59.0. The highest BCUT2D eigenvalue weighted by Crippen LogP contribution is 2.58. The Labute approximate surface area is 851 Å². The summed E-state index contributed by atoms with van der Waals surface area (Å²) >= 11 is 0. The second kappa shape index (κ2) is 51.6. The van der Waals surface area contributed by atoms with Gasteiger partial charge in [0.1, 0.15) is 154 Å². The number of aryl methyl sites for hydroxylation is 4. The van der Waals surface area contributed by atoms with Crippen LogP contribution in [0.5, 0.6) is 0 Å². The van der Waals surface area contributed by atoms with E-state index in [1.807, 2.05) is 27.7 Å². The highest BCUT2D eigenvalue weighted by atomic mass is 32.2. The van der Waals surface area contributed by atoms with Crippen molar-refractivity contribution in [3.05, 3.63) is 605 Å². The first-order chi connectivity index (χ1) is 69.7. The molecular formula is C124H108O12P4S4. The normalized spacial score (nSPS) is 11.3. The lowest BCUT2D eigenvalue weighted by atomic mass is 10.2. The molecule has 0 heterocycles. The van der Waals surface area contributed by atoms with Crippen LogP contribution in [0.2, 0.25) is 0 Å². The average Bonchev–Trinajstić information content (AvgIpc) is 0.749. The summed E-state index contributed by atoms with van der Waals surface area (Å²) in [6, 6.07) is 198. The fourth-order valence-electron chi connectivity index (χ4n) is 16.8. The molecule has 0 N–H and O–H groups in total. The zero-order valence-corrected chi connectivity index (χ0v) is 86.6. The molecule has 0 radical (unpaired) electrons. The van der Waals surface area contributed by atoms with E-state index >= 15 is 0 Å². The first-order valence-electron chi connectivity index (χ1n) is 46.3. The minimum Gasteiger partial charge on any atom is -0.744 e. The van der Waals surface area contributed by atoms with Crippen LogP contribution in [0.15, 0.2) is 602 Å². The lowest BCUT2D eigenvalue weighted by molar-refractivity contribution is 0.461. The summed E-state index contributed by atoms with van der Waals surface area (Å²) in [5, 5.41) is 22.2. The Hall–Kier alpha value is -14.2. The maximum atomic E-state index is 10.4. The molecule has 0 aliphatic heterocycles. The molecule has 0 spiro atoms. The van der Waals surface area contributed by atoms with Crippen molar-refractivity contribution in [2.24, 2.45) is 0 Å². The maximum absolute atomic E-state index is 10.4.